The first-order valence-electron chi connectivity index (χ1n) is 8.22. The van der Waals surface area contributed by atoms with Crippen molar-refractivity contribution in [3.05, 3.63) is 65.7 Å². The molecule has 0 saturated heterocycles. The van der Waals surface area contributed by atoms with Crippen molar-refractivity contribution in [2.45, 2.75) is 12.8 Å². The second-order valence-corrected chi connectivity index (χ2v) is 6.94. The van der Waals surface area contributed by atoms with Gasteiger partial charge in [-0.1, -0.05) is 23.8 Å². The first-order chi connectivity index (χ1) is 11.3. The molecule has 3 atom stereocenters. The Morgan fingerprint density at radius 2 is 1.61 bits per heavy atom. The maximum absolute atomic E-state index is 5.88. The van der Waals surface area contributed by atoms with Crippen molar-refractivity contribution in [2.24, 2.45) is 17.8 Å². The molecule has 23 heavy (non-hydrogen) atoms. The molecule has 2 aromatic rings. The molecule has 0 aromatic heterocycles. The van der Waals surface area contributed by atoms with E-state index in [-0.39, 0.29) is 0 Å². The summed E-state index contributed by atoms with van der Waals surface area (Å²) in [6.45, 7) is 1.06. The van der Waals surface area contributed by atoms with E-state index in [1.807, 2.05) is 36.4 Å². The van der Waals surface area contributed by atoms with Crippen LogP contribution in [0.2, 0.25) is 5.02 Å². The van der Waals surface area contributed by atoms with E-state index in [2.05, 4.69) is 29.6 Å². The first kappa shape index (κ1) is 14.6. The Morgan fingerprint density at radius 3 is 2.22 bits per heavy atom. The quantitative estimate of drug-likeness (QED) is 0.706. The molecule has 2 bridgehead atoms. The minimum absolute atomic E-state index is 0.715. The Balaban J connectivity index is 1.32. The molecule has 3 unspecified atom stereocenters. The second-order valence-electron chi connectivity index (χ2n) is 6.50. The molecule has 3 heteroatoms. The summed E-state index contributed by atoms with van der Waals surface area (Å²) in [7, 11) is 0. The lowest BCUT2D eigenvalue weighted by molar-refractivity contribution is 0.471. The number of ether oxygens (including phenoxy) is 1. The molecule has 0 heterocycles. The summed E-state index contributed by atoms with van der Waals surface area (Å²) in [5.41, 5.74) is 1.15. The third-order valence-corrected chi connectivity index (χ3v) is 5.14. The Hall–Kier alpha value is -1.93. The zero-order valence-electron chi connectivity index (χ0n) is 12.9. The number of fused-ring (bicyclic) bond motifs is 2. The number of halogens is 1. The van der Waals surface area contributed by atoms with Gasteiger partial charge >= 0.3 is 0 Å². The molecule has 2 nitrogen and oxygen atoms in total. The van der Waals surface area contributed by atoms with E-state index >= 15 is 0 Å². The highest BCUT2D eigenvalue weighted by atomic mass is 35.5. The highest BCUT2D eigenvalue weighted by Gasteiger charge is 2.35. The average Bonchev–Trinajstić information content (AvgIpc) is 3.19. The molecular formula is C20H20ClNO. The van der Waals surface area contributed by atoms with Crippen LogP contribution in [0.5, 0.6) is 11.5 Å². The van der Waals surface area contributed by atoms with Crippen LogP contribution in [0.1, 0.15) is 12.8 Å². The van der Waals surface area contributed by atoms with Crippen LogP contribution in [0.15, 0.2) is 60.7 Å². The van der Waals surface area contributed by atoms with Gasteiger partial charge in [-0.3, -0.25) is 0 Å². The van der Waals surface area contributed by atoms with Crippen molar-refractivity contribution in [3.63, 3.8) is 0 Å². The Bertz CT molecular complexity index is 693. The number of benzene rings is 2. The number of allylic oxidation sites excluding steroid dienone is 2. The molecule has 0 aliphatic heterocycles. The number of hydrogen-bond acceptors (Lipinski definition) is 2. The summed E-state index contributed by atoms with van der Waals surface area (Å²) in [6, 6.07) is 15.6. The molecular weight excluding hydrogens is 306 g/mol. The summed E-state index contributed by atoms with van der Waals surface area (Å²) in [6.07, 6.45) is 7.50. The topological polar surface area (TPSA) is 21.3 Å². The summed E-state index contributed by atoms with van der Waals surface area (Å²) < 4.78 is 5.81. The van der Waals surface area contributed by atoms with Crippen LogP contribution in [0, 0.1) is 17.8 Å². The van der Waals surface area contributed by atoms with E-state index in [1.54, 1.807) is 0 Å². The SMILES string of the molecule is Clc1ccc(Oc2ccc(NCC3CC4C=CC3C4)cc2)cc1. The van der Waals surface area contributed by atoms with E-state index in [0.717, 1.165) is 41.5 Å². The first-order valence-corrected chi connectivity index (χ1v) is 8.60. The lowest BCUT2D eigenvalue weighted by atomic mass is 9.93. The fraction of sp³-hybridized carbons (Fsp3) is 0.300. The van der Waals surface area contributed by atoms with Gasteiger partial charge < -0.3 is 10.1 Å². The standard InChI is InChI=1S/C20H20ClNO/c21-17-3-7-19(8-4-17)23-20-9-5-18(6-10-20)22-13-16-12-14-1-2-15(16)11-14/h1-10,14-16,22H,11-13H2. The normalized spacial score (nSPS) is 24.8. The lowest BCUT2D eigenvalue weighted by Crippen LogP contribution is -2.18. The van der Waals surface area contributed by atoms with Crippen molar-refractivity contribution in [3.8, 4) is 11.5 Å². The average molecular weight is 326 g/mol. The number of nitrogens with one attached hydrogen (secondary N) is 1. The van der Waals surface area contributed by atoms with Crippen molar-refractivity contribution in [1.29, 1.82) is 0 Å². The molecule has 2 aliphatic carbocycles. The predicted octanol–water partition coefficient (Wildman–Crippen LogP) is 5.76. The van der Waals surface area contributed by atoms with E-state index in [1.165, 1.54) is 12.8 Å². The van der Waals surface area contributed by atoms with Crippen molar-refractivity contribution >= 4 is 17.3 Å². The summed E-state index contributed by atoms with van der Waals surface area (Å²) in [5, 5.41) is 4.28. The fourth-order valence-electron chi connectivity index (χ4n) is 3.66. The smallest absolute Gasteiger partial charge is 0.127 e. The van der Waals surface area contributed by atoms with Gasteiger partial charge in [-0.15, -0.1) is 0 Å². The summed E-state index contributed by atoms with van der Waals surface area (Å²) >= 11 is 5.88. The van der Waals surface area contributed by atoms with Crippen LogP contribution in [0.3, 0.4) is 0 Å². The van der Waals surface area contributed by atoms with Gasteiger partial charge in [0.2, 0.25) is 0 Å². The van der Waals surface area contributed by atoms with Gasteiger partial charge in [0.1, 0.15) is 11.5 Å². The number of hydrogen-bond donors (Lipinski definition) is 1. The van der Waals surface area contributed by atoms with Gasteiger partial charge in [0.05, 0.1) is 0 Å². The van der Waals surface area contributed by atoms with Crippen molar-refractivity contribution < 1.29 is 4.74 Å². The van der Waals surface area contributed by atoms with Gasteiger partial charge in [-0.2, -0.15) is 0 Å². The third kappa shape index (κ3) is 3.37. The molecule has 2 aromatic carbocycles. The number of rotatable bonds is 5. The molecule has 4 rings (SSSR count). The molecule has 2 aliphatic rings. The van der Waals surface area contributed by atoms with Crippen LogP contribution >= 0.6 is 11.6 Å². The predicted molar refractivity (Wildman–Crippen MR) is 95.3 cm³/mol. The van der Waals surface area contributed by atoms with E-state index < -0.39 is 0 Å². The van der Waals surface area contributed by atoms with Gasteiger partial charge in [0, 0.05) is 17.3 Å². The van der Waals surface area contributed by atoms with Crippen molar-refractivity contribution in [2.75, 3.05) is 11.9 Å². The second kappa shape index (κ2) is 6.29. The molecule has 0 amide bonds. The molecule has 1 saturated carbocycles. The largest absolute Gasteiger partial charge is 0.457 e. The van der Waals surface area contributed by atoms with Crippen LogP contribution < -0.4 is 10.1 Å². The van der Waals surface area contributed by atoms with Crippen LogP contribution in [-0.2, 0) is 0 Å². The fourth-order valence-corrected chi connectivity index (χ4v) is 3.78. The van der Waals surface area contributed by atoms with Crippen LogP contribution in [-0.4, -0.2) is 6.54 Å². The zero-order chi connectivity index (χ0) is 15.6. The Morgan fingerprint density at radius 1 is 0.913 bits per heavy atom. The molecule has 1 N–H and O–H groups in total. The Labute approximate surface area is 142 Å². The lowest BCUT2D eigenvalue weighted by Gasteiger charge is -2.19. The van der Waals surface area contributed by atoms with E-state index in [4.69, 9.17) is 16.3 Å². The van der Waals surface area contributed by atoms with Crippen LogP contribution in [0.4, 0.5) is 5.69 Å². The molecule has 0 spiro atoms. The summed E-state index contributed by atoms with van der Waals surface area (Å²) in [4.78, 5) is 0. The zero-order valence-corrected chi connectivity index (χ0v) is 13.7. The minimum Gasteiger partial charge on any atom is -0.457 e. The highest BCUT2D eigenvalue weighted by Crippen LogP contribution is 2.43. The van der Waals surface area contributed by atoms with E-state index in [0.29, 0.717) is 5.02 Å². The van der Waals surface area contributed by atoms with Crippen molar-refractivity contribution in [1.82, 2.24) is 0 Å². The van der Waals surface area contributed by atoms with Gasteiger partial charge in [-0.25, -0.2) is 0 Å². The van der Waals surface area contributed by atoms with Gasteiger partial charge in [0.15, 0.2) is 0 Å². The van der Waals surface area contributed by atoms with Gasteiger partial charge in [0.25, 0.3) is 0 Å². The number of anilines is 1. The van der Waals surface area contributed by atoms with E-state index in [9.17, 15) is 0 Å². The maximum atomic E-state index is 5.88. The van der Waals surface area contributed by atoms with Gasteiger partial charge in [-0.05, 0) is 79.1 Å². The maximum Gasteiger partial charge on any atom is 0.127 e. The molecule has 0 radical (unpaired) electrons. The third-order valence-electron chi connectivity index (χ3n) is 4.89. The Kier molecular flexibility index (Phi) is 4.00. The monoisotopic (exact) mass is 325 g/mol. The van der Waals surface area contributed by atoms with Crippen LogP contribution in [0.25, 0.3) is 0 Å². The molecule has 118 valence electrons. The molecule has 1 fully saturated rings. The minimum atomic E-state index is 0.715. The highest BCUT2D eigenvalue weighted by molar-refractivity contribution is 6.30. The summed E-state index contributed by atoms with van der Waals surface area (Å²) in [5.74, 6) is 4.04.